The normalized spacial score (nSPS) is 9.64. The molecule has 1 aromatic rings. The van der Waals surface area contributed by atoms with E-state index in [9.17, 15) is 0 Å². The van der Waals surface area contributed by atoms with Crippen LogP contribution in [0.4, 0.5) is 5.82 Å². The van der Waals surface area contributed by atoms with Gasteiger partial charge in [0, 0.05) is 17.5 Å². The highest BCUT2D eigenvalue weighted by Crippen LogP contribution is 2.11. The number of pyridine rings is 1. The zero-order chi connectivity index (χ0) is 8.43. The molecule has 1 aromatic heterocycles. The summed E-state index contributed by atoms with van der Waals surface area (Å²) in [6.45, 7) is 3.86. The Morgan fingerprint density at radius 3 is 2.73 bits per heavy atom. The van der Waals surface area contributed by atoms with Gasteiger partial charge in [0.2, 0.25) is 0 Å². The summed E-state index contributed by atoms with van der Waals surface area (Å²) < 4.78 is 0. The summed E-state index contributed by atoms with van der Waals surface area (Å²) in [7, 11) is 0. The van der Waals surface area contributed by atoms with Crippen molar-refractivity contribution < 1.29 is 0 Å². The van der Waals surface area contributed by atoms with Gasteiger partial charge in [-0.15, -0.1) is 0 Å². The van der Waals surface area contributed by atoms with E-state index in [1.54, 1.807) is 0 Å². The van der Waals surface area contributed by atoms with Crippen LogP contribution < -0.4 is 5.73 Å². The minimum absolute atomic E-state index is 0.433. The fourth-order valence-corrected chi connectivity index (χ4v) is 0.861. The van der Waals surface area contributed by atoms with E-state index < -0.39 is 0 Å². The molecule has 0 aliphatic heterocycles. The first-order valence-electron chi connectivity index (χ1n) is 3.39. The number of hydrogen-bond donors (Lipinski definition) is 2. The van der Waals surface area contributed by atoms with Crippen molar-refractivity contribution in [3.8, 4) is 0 Å². The zero-order valence-electron chi connectivity index (χ0n) is 6.68. The predicted molar refractivity (Wildman–Crippen MR) is 46.0 cm³/mol. The highest BCUT2D eigenvalue weighted by molar-refractivity contribution is 5.83. The number of nitrogens with two attached hydrogens (primary N) is 1. The Morgan fingerprint density at radius 1 is 1.55 bits per heavy atom. The largest absolute Gasteiger partial charge is 0.383 e. The summed E-state index contributed by atoms with van der Waals surface area (Å²) in [5.41, 5.74) is 8.22. The summed E-state index contributed by atoms with van der Waals surface area (Å²) >= 11 is 0. The van der Waals surface area contributed by atoms with E-state index in [0.717, 1.165) is 11.3 Å². The smallest absolute Gasteiger partial charge is 0.132 e. The number of aryl methyl sites for hydroxylation is 2. The molecule has 0 atom stereocenters. The molecule has 0 saturated heterocycles. The molecule has 0 aliphatic rings. The Labute approximate surface area is 65.8 Å². The Bertz CT molecular complexity index is 292. The van der Waals surface area contributed by atoms with Crippen LogP contribution in [0.2, 0.25) is 0 Å². The van der Waals surface area contributed by atoms with Crippen molar-refractivity contribution in [1.82, 2.24) is 4.98 Å². The van der Waals surface area contributed by atoms with Crippen molar-refractivity contribution in [2.45, 2.75) is 13.8 Å². The van der Waals surface area contributed by atoms with Crippen LogP contribution in [0, 0.1) is 19.3 Å². The van der Waals surface area contributed by atoms with Gasteiger partial charge in [0.05, 0.1) is 0 Å². The van der Waals surface area contributed by atoms with Gasteiger partial charge in [-0.2, -0.15) is 0 Å². The van der Waals surface area contributed by atoms with Gasteiger partial charge in [-0.25, -0.2) is 4.98 Å². The number of hydrogen-bond acceptors (Lipinski definition) is 3. The van der Waals surface area contributed by atoms with Crippen molar-refractivity contribution in [3.63, 3.8) is 0 Å². The summed E-state index contributed by atoms with van der Waals surface area (Å²) in [4.78, 5) is 4.07. The Morgan fingerprint density at radius 2 is 2.18 bits per heavy atom. The molecule has 0 saturated carbocycles. The van der Waals surface area contributed by atoms with Gasteiger partial charge in [-0.1, -0.05) is 0 Å². The molecule has 0 unspecified atom stereocenters. The number of rotatable bonds is 1. The van der Waals surface area contributed by atoms with E-state index >= 15 is 0 Å². The molecule has 1 rings (SSSR count). The molecule has 0 spiro atoms. The Kier molecular flexibility index (Phi) is 1.89. The van der Waals surface area contributed by atoms with Crippen molar-refractivity contribution in [3.05, 3.63) is 22.9 Å². The van der Waals surface area contributed by atoms with Gasteiger partial charge < -0.3 is 11.1 Å². The minimum atomic E-state index is 0.433. The second-order valence-corrected chi connectivity index (χ2v) is 2.51. The van der Waals surface area contributed by atoms with Gasteiger partial charge in [0.15, 0.2) is 0 Å². The quantitative estimate of drug-likeness (QED) is 0.591. The molecular weight excluding hydrogens is 138 g/mol. The summed E-state index contributed by atoms with van der Waals surface area (Å²) in [6.07, 6.45) is 1.22. The number of nitrogens with zero attached hydrogens (tertiary/aromatic N) is 1. The highest BCUT2D eigenvalue weighted by Gasteiger charge is 2.00. The van der Waals surface area contributed by atoms with Gasteiger partial charge >= 0.3 is 0 Å². The Balaban J connectivity index is 3.31. The summed E-state index contributed by atoms with van der Waals surface area (Å²) in [5.74, 6) is 0.433. The zero-order valence-corrected chi connectivity index (χ0v) is 6.68. The third-order valence-electron chi connectivity index (χ3n) is 1.68. The van der Waals surface area contributed by atoms with Gasteiger partial charge in [-0.05, 0) is 25.5 Å². The third kappa shape index (κ3) is 1.37. The van der Waals surface area contributed by atoms with Crippen molar-refractivity contribution in [2.75, 3.05) is 5.73 Å². The number of nitrogens with one attached hydrogen (secondary N) is 1. The molecule has 0 radical (unpaired) electrons. The van der Waals surface area contributed by atoms with Crippen LogP contribution in [0.3, 0.4) is 0 Å². The lowest BCUT2D eigenvalue weighted by molar-refractivity contribution is 1.15. The Hall–Kier alpha value is -1.38. The predicted octanol–water partition coefficient (Wildman–Crippen LogP) is 1.28. The van der Waals surface area contributed by atoms with Gasteiger partial charge in [0.1, 0.15) is 5.82 Å². The van der Waals surface area contributed by atoms with Crippen LogP contribution in [0.15, 0.2) is 6.07 Å². The fraction of sp³-hybridized carbons (Fsp3) is 0.250. The van der Waals surface area contributed by atoms with Crippen LogP contribution in [-0.4, -0.2) is 11.2 Å². The molecule has 58 valence electrons. The minimum Gasteiger partial charge on any atom is -0.383 e. The van der Waals surface area contributed by atoms with Gasteiger partial charge in [0.25, 0.3) is 0 Å². The van der Waals surface area contributed by atoms with E-state index in [1.165, 1.54) is 6.21 Å². The lowest BCUT2D eigenvalue weighted by atomic mass is 10.1. The molecular formula is C8H11N3. The standard InChI is InChI=1S/C8H11N3/c1-5-3-7(4-9)8(10)11-6(5)2/h3-4,9H,1-2H3,(H2,10,11). The lowest BCUT2D eigenvalue weighted by Gasteiger charge is -2.02. The molecule has 0 amide bonds. The van der Waals surface area contributed by atoms with Crippen LogP contribution >= 0.6 is 0 Å². The molecule has 1 heterocycles. The first-order valence-corrected chi connectivity index (χ1v) is 3.39. The number of nitrogen functional groups attached to an aromatic ring is 1. The molecule has 0 aromatic carbocycles. The molecule has 11 heavy (non-hydrogen) atoms. The first kappa shape index (κ1) is 7.72. The van der Waals surface area contributed by atoms with Gasteiger partial charge in [-0.3, -0.25) is 0 Å². The monoisotopic (exact) mass is 149 g/mol. The van der Waals surface area contributed by atoms with Crippen LogP contribution in [0.5, 0.6) is 0 Å². The maximum absolute atomic E-state index is 7.01. The maximum Gasteiger partial charge on any atom is 0.132 e. The number of aromatic nitrogens is 1. The lowest BCUT2D eigenvalue weighted by Crippen LogP contribution is -1.99. The molecule has 3 nitrogen and oxygen atoms in total. The maximum atomic E-state index is 7.01. The first-order chi connectivity index (χ1) is 5.15. The fourth-order valence-electron chi connectivity index (χ4n) is 0.861. The van der Waals surface area contributed by atoms with Crippen molar-refractivity contribution in [1.29, 1.82) is 5.41 Å². The SMILES string of the molecule is Cc1cc(C=N)c(N)nc1C. The summed E-state index contributed by atoms with van der Waals surface area (Å²) in [6, 6.07) is 1.87. The molecule has 3 heteroatoms. The van der Waals surface area contributed by atoms with Crippen LogP contribution in [0.1, 0.15) is 16.8 Å². The second-order valence-electron chi connectivity index (χ2n) is 2.51. The van der Waals surface area contributed by atoms with Crippen molar-refractivity contribution >= 4 is 12.0 Å². The molecule has 0 fully saturated rings. The van der Waals surface area contributed by atoms with Crippen LogP contribution in [0.25, 0.3) is 0 Å². The number of anilines is 1. The van der Waals surface area contributed by atoms with E-state index in [1.807, 2.05) is 19.9 Å². The van der Waals surface area contributed by atoms with E-state index in [0.29, 0.717) is 11.4 Å². The molecule has 0 aliphatic carbocycles. The van der Waals surface area contributed by atoms with E-state index in [2.05, 4.69) is 4.98 Å². The van der Waals surface area contributed by atoms with Crippen LogP contribution in [-0.2, 0) is 0 Å². The average molecular weight is 149 g/mol. The second kappa shape index (κ2) is 2.70. The summed E-state index contributed by atoms with van der Waals surface area (Å²) in [5, 5.41) is 7.01. The third-order valence-corrected chi connectivity index (χ3v) is 1.68. The van der Waals surface area contributed by atoms with E-state index in [-0.39, 0.29) is 0 Å². The highest BCUT2D eigenvalue weighted by atomic mass is 14.8. The van der Waals surface area contributed by atoms with Crippen molar-refractivity contribution in [2.24, 2.45) is 0 Å². The van der Waals surface area contributed by atoms with E-state index in [4.69, 9.17) is 11.1 Å². The average Bonchev–Trinajstić information content (AvgIpc) is 1.97. The molecule has 3 N–H and O–H groups in total. The molecule has 0 bridgehead atoms. The topological polar surface area (TPSA) is 62.8 Å².